The van der Waals surface area contributed by atoms with Gasteiger partial charge in [-0.05, 0) is 72.4 Å². The number of hydrogen-bond acceptors (Lipinski definition) is 6. The van der Waals surface area contributed by atoms with E-state index < -0.39 is 24.5 Å². The van der Waals surface area contributed by atoms with Crippen LogP contribution in [0, 0.1) is 0 Å². The van der Waals surface area contributed by atoms with E-state index in [0.717, 1.165) is 34.2 Å². The molecule has 0 radical (unpaired) electrons. The zero-order chi connectivity index (χ0) is 26.2. The summed E-state index contributed by atoms with van der Waals surface area (Å²) >= 11 is 0. The number of benzene rings is 3. The molecule has 36 heavy (non-hydrogen) atoms. The van der Waals surface area contributed by atoms with Crippen molar-refractivity contribution in [1.82, 2.24) is 0 Å². The average Bonchev–Trinajstić information content (AvgIpc) is 2.87. The summed E-state index contributed by atoms with van der Waals surface area (Å²) in [6.07, 6.45) is 0.828. The first-order valence-corrected chi connectivity index (χ1v) is 11.4. The molecule has 0 aliphatic heterocycles. The van der Waals surface area contributed by atoms with Gasteiger partial charge in [0.05, 0.1) is 0 Å². The third-order valence-corrected chi connectivity index (χ3v) is 5.30. The van der Waals surface area contributed by atoms with Gasteiger partial charge < -0.3 is 14.2 Å². The molecule has 3 aromatic rings. The molecular weight excluding hydrogens is 456 g/mol. The summed E-state index contributed by atoms with van der Waals surface area (Å²) in [5.74, 6) is -0.936. The molecule has 0 amide bonds. The Labute approximate surface area is 210 Å². The van der Waals surface area contributed by atoms with Crippen LogP contribution in [-0.4, -0.2) is 24.5 Å². The molecule has 6 heteroatoms. The molecule has 0 aromatic heterocycles. The van der Waals surface area contributed by atoms with Gasteiger partial charge in [0.2, 0.25) is 0 Å². The highest BCUT2D eigenvalue weighted by Gasteiger charge is 2.12. The second-order valence-corrected chi connectivity index (χ2v) is 8.27. The number of esters is 3. The van der Waals surface area contributed by atoms with Crippen LogP contribution in [0.1, 0.15) is 26.3 Å². The molecule has 0 saturated heterocycles. The quantitative estimate of drug-likeness (QED) is 0.208. The molecule has 6 nitrogen and oxygen atoms in total. The van der Waals surface area contributed by atoms with Gasteiger partial charge in [0.25, 0.3) is 0 Å². The van der Waals surface area contributed by atoms with E-state index in [9.17, 15) is 14.4 Å². The minimum absolute atomic E-state index is 0.214. The number of carbonyl (C=O) groups excluding carboxylic acids is 3. The Bertz CT molecular complexity index is 1300. The minimum atomic E-state index is -0.671. The van der Waals surface area contributed by atoms with E-state index in [0.29, 0.717) is 17.1 Å². The summed E-state index contributed by atoms with van der Waals surface area (Å²) in [6, 6.07) is 20.7. The van der Waals surface area contributed by atoms with Crippen molar-refractivity contribution in [3.8, 4) is 33.8 Å². The summed E-state index contributed by atoms with van der Waals surface area (Å²) in [5.41, 5.74) is 5.82. The number of rotatable bonds is 9. The lowest BCUT2D eigenvalue weighted by Gasteiger charge is -2.12. The van der Waals surface area contributed by atoms with E-state index in [1.165, 1.54) is 6.92 Å². The molecule has 0 atom stereocenters. The van der Waals surface area contributed by atoms with E-state index in [4.69, 9.17) is 14.2 Å². The fraction of sp³-hybridized carbons (Fsp3) is 0.167. The molecule has 3 rings (SSSR count). The summed E-state index contributed by atoms with van der Waals surface area (Å²) in [5, 5.41) is 0. The Morgan fingerprint density at radius 3 is 1.78 bits per heavy atom. The fourth-order valence-corrected chi connectivity index (χ4v) is 3.37. The Balaban J connectivity index is 1.71. The molecule has 3 aromatic carbocycles. The SMILES string of the molecule is C=C(C)C(=O)OCC(=O)Oc1ccc(-c2ccc(-c3ccc(OC(=O)C(=C)C)cc3)c(CC)c2)cc1. The first-order valence-electron chi connectivity index (χ1n) is 11.4. The van der Waals surface area contributed by atoms with Crippen LogP contribution in [-0.2, 0) is 25.5 Å². The molecule has 0 spiro atoms. The van der Waals surface area contributed by atoms with Crippen molar-refractivity contribution in [3.63, 3.8) is 0 Å². The van der Waals surface area contributed by atoms with Gasteiger partial charge in [0.15, 0.2) is 6.61 Å². The summed E-state index contributed by atoms with van der Waals surface area (Å²) < 4.78 is 15.3. The lowest BCUT2D eigenvalue weighted by molar-refractivity contribution is -0.150. The number of carbonyl (C=O) groups is 3. The first kappa shape index (κ1) is 26.2. The third-order valence-electron chi connectivity index (χ3n) is 5.30. The molecule has 0 bridgehead atoms. The summed E-state index contributed by atoms with van der Waals surface area (Å²) in [7, 11) is 0. The second kappa shape index (κ2) is 11.8. The topological polar surface area (TPSA) is 78.9 Å². The minimum Gasteiger partial charge on any atom is -0.450 e. The highest BCUT2D eigenvalue weighted by Crippen LogP contribution is 2.31. The van der Waals surface area contributed by atoms with E-state index in [1.807, 2.05) is 30.3 Å². The van der Waals surface area contributed by atoms with Crippen molar-refractivity contribution in [2.45, 2.75) is 27.2 Å². The van der Waals surface area contributed by atoms with Crippen molar-refractivity contribution in [2.75, 3.05) is 6.61 Å². The molecule has 0 aliphatic rings. The fourth-order valence-electron chi connectivity index (χ4n) is 3.37. The highest BCUT2D eigenvalue weighted by atomic mass is 16.6. The van der Waals surface area contributed by atoms with Gasteiger partial charge in [0.1, 0.15) is 11.5 Å². The van der Waals surface area contributed by atoms with E-state index in [1.54, 1.807) is 31.2 Å². The smallest absolute Gasteiger partial charge is 0.349 e. The Hall–Kier alpha value is -4.45. The van der Waals surface area contributed by atoms with E-state index in [2.05, 4.69) is 32.2 Å². The van der Waals surface area contributed by atoms with Crippen LogP contribution >= 0.6 is 0 Å². The number of aryl methyl sites for hydroxylation is 1. The number of hydrogen-bond donors (Lipinski definition) is 0. The predicted octanol–water partition coefficient (Wildman–Crippen LogP) is 6.09. The van der Waals surface area contributed by atoms with E-state index in [-0.39, 0.29) is 5.57 Å². The van der Waals surface area contributed by atoms with Crippen LogP contribution in [0.15, 0.2) is 91.0 Å². The van der Waals surface area contributed by atoms with Gasteiger partial charge in [-0.3, -0.25) is 0 Å². The van der Waals surface area contributed by atoms with Crippen molar-refractivity contribution in [2.24, 2.45) is 0 Å². The molecule has 0 unspecified atom stereocenters. The molecule has 0 saturated carbocycles. The van der Waals surface area contributed by atoms with Crippen molar-refractivity contribution in [1.29, 1.82) is 0 Å². The lowest BCUT2D eigenvalue weighted by atomic mass is 9.93. The first-order chi connectivity index (χ1) is 17.2. The number of ether oxygens (including phenoxy) is 3. The Kier molecular flexibility index (Phi) is 8.57. The summed E-state index contributed by atoms with van der Waals surface area (Å²) in [4.78, 5) is 35.0. The standard InChI is InChI=1S/C30H28O6/c1-6-21-17-24(11-16-27(21)23-9-14-26(15-10-23)36-30(33)20(4)5)22-7-12-25(13-8-22)35-28(31)18-34-29(32)19(2)3/h7-17H,2,4,6,18H2,1,3,5H3. The molecule has 0 aliphatic carbocycles. The van der Waals surface area contributed by atoms with Gasteiger partial charge in [-0.25, -0.2) is 14.4 Å². The maximum absolute atomic E-state index is 11.9. The summed E-state index contributed by atoms with van der Waals surface area (Å²) in [6.45, 7) is 11.8. The molecular formula is C30H28O6. The maximum Gasteiger partial charge on any atom is 0.349 e. The highest BCUT2D eigenvalue weighted by molar-refractivity contribution is 5.89. The molecule has 0 fully saturated rings. The third kappa shape index (κ3) is 6.79. The predicted molar refractivity (Wildman–Crippen MR) is 139 cm³/mol. The molecule has 0 heterocycles. The van der Waals surface area contributed by atoms with Crippen LogP contribution in [0.25, 0.3) is 22.3 Å². The van der Waals surface area contributed by atoms with Gasteiger partial charge in [-0.1, -0.05) is 62.5 Å². The van der Waals surface area contributed by atoms with Crippen molar-refractivity contribution >= 4 is 17.9 Å². The normalized spacial score (nSPS) is 10.3. The monoisotopic (exact) mass is 484 g/mol. The van der Waals surface area contributed by atoms with Gasteiger partial charge in [0, 0.05) is 11.1 Å². The van der Waals surface area contributed by atoms with E-state index >= 15 is 0 Å². The lowest BCUT2D eigenvalue weighted by Crippen LogP contribution is -2.18. The second-order valence-electron chi connectivity index (χ2n) is 8.27. The van der Waals surface area contributed by atoms with Crippen LogP contribution < -0.4 is 9.47 Å². The largest absolute Gasteiger partial charge is 0.450 e. The van der Waals surface area contributed by atoms with Crippen molar-refractivity contribution < 1.29 is 28.6 Å². The van der Waals surface area contributed by atoms with Crippen LogP contribution in [0.4, 0.5) is 0 Å². The van der Waals surface area contributed by atoms with Gasteiger partial charge in [-0.2, -0.15) is 0 Å². The molecule has 0 N–H and O–H groups in total. The average molecular weight is 485 g/mol. The molecule has 184 valence electrons. The zero-order valence-electron chi connectivity index (χ0n) is 20.6. The van der Waals surface area contributed by atoms with Crippen LogP contribution in [0.2, 0.25) is 0 Å². The Morgan fingerprint density at radius 2 is 1.22 bits per heavy atom. The van der Waals surface area contributed by atoms with Crippen LogP contribution in [0.3, 0.4) is 0 Å². The Morgan fingerprint density at radius 1 is 0.694 bits per heavy atom. The van der Waals surface area contributed by atoms with Gasteiger partial charge >= 0.3 is 17.9 Å². The van der Waals surface area contributed by atoms with Crippen molar-refractivity contribution in [3.05, 3.63) is 96.6 Å². The van der Waals surface area contributed by atoms with Crippen LogP contribution in [0.5, 0.6) is 11.5 Å². The maximum atomic E-state index is 11.9. The van der Waals surface area contributed by atoms with Gasteiger partial charge in [-0.15, -0.1) is 0 Å². The zero-order valence-corrected chi connectivity index (χ0v) is 20.6.